The lowest BCUT2D eigenvalue weighted by Crippen LogP contribution is -2.58. The zero-order valence-corrected chi connectivity index (χ0v) is 18.1. The van der Waals surface area contributed by atoms with Crippen LogP contribution in [-0.2, 0) is 4.79 Å². The molecule has 0 heterocycles. The van der Waals surface area contributed by atoms with E-state index in [-0.39, 0.29) is 28.6 Å². The highest BCUT2D eigenvalue weighted by Gasteiger charge is 2.63. The van der Waals surface area contributed by atoms with Crippen molar-refractivity contribution in [2.75, 3.05) is 0 Å². The smallest absolute Gasteiger partial charge is 0.155 e. The Morgan fingerprint density at radius 1 is 1.25 bits per heavy atom. The third kappa shape index (κ3) is 2.67. The van der Waals surface area contributed by atoms with Crippen molar-refractivity contribution < 1.29 is 9.90 Å². The summed E-state index contributed by atoms with van der Waals surface area (Å²) in [5.74, 6) is 2.82. The molecule has 3 nitrogen and oxygen atoms in total. The van der Waals surface area contributed by atoms with E-state index in [9.17, 15) is 15.2 Å². The van der Waals surface area contributed by atoms with Gasteiger partial charge in [0.15, 0.2) is 5.78 Å². The average Bonchev–Trinajstić information content (AvgIpc) is 3.01. The molecule has 4 rings (SSSR count). The van der Waals surface area contributed by atoms with E-state index in [1.54, 1.807) is 0 Å². The molecule has 154 valence electrons. The van der Waals surface area contributed by atoms with Gasteiger partial charge in [-0.2, -0.15) is 5.26 Å². The number of nitrogens with zero attached hydrogens (tertiary/aromatic N) is 1. The number of fused-ring (bicyclic) bond motifs is 5. The molecule has 28 heavy (non-hydrogen) atoms. The molecule has 3 heteroatoms. The maximum atomic E-state index is 12.2. The van der Waals surface area contributed by atoms with Gasteiger partial charge >= 0.3 is 0 Å². The summed E-state index contributed by atoms with van der Waals surface area (Å²) in [6.07, 6.45) is 9.54. The predicted octanol–water partition coefficient (Wildman–Crippen LogP) is 5.29. The second-order valence-corrected chi connectivity index (χ2v) is 10.8. The van der Waals surface area contributed by atoms with Crippen LogP contribution >= 0.6 is 0 Å². The van der Waals surface area contributed by atoms with Gasteiger partial charge in [0.1, 0.15) is 0 Å². The van der Waals surface area contributed by atoms with E-state index in [1.165, 1.54) is 24.8 Å². The zero-order valence-electron chi connectivity index (χ0n) is 18.1. The van der Waals surface area contributed by atoms with Crippen LogP contribution in [0, 0.1) is 57.7 Å². The van der Waals surface area contributed by atoms with E-state index in [0.717, 1.165) is 19.3 Å². The monoisotopic (exact) mass is 383 g/mol. The predicted molar refractivity (Wildman–Crippen MR) is 110 cm³/mol. The standard InChI is InChI=1S/C25H37NO2/c1-5-17-21-14-16(27)8-11-25(21,4)20-9-12-24(3)18(15(2)10-13-26)6-7-19(24)22(20)23(17)28/h14-15,17-20,22-23,28H,5-12H2,1-4H3/t15-,17+,18-,19+,20+,22+,23-,24-,25-/m1/s1. The van der Waals surface area contributed by atoms with Crippen LogP contribution in [0.1, 0.15) is 79.1 Å². The highest BCUT2D eigenvalue weighted by molar-refractivity contribution is 5.91. The topological polar surface area (TPSA) is 61.1 Å². The molecule has 1 N–H and O–H groups in total. The number of carbonyl (C=O) groups excluding carboxylic acids is 1. The van der Waals surface area contributed by atoms with Crippen molar-refractivity contribution in [2.24, 2.45) is 46.3 Å². The Labute approximate surface area is 170 Å². The van der Waals surface area contributed by atoms with Crippen LogP contribution in [0.15, 0.2) is 11.6 Å². The second-order valence-electron chi connectivity index (χ2n) is 10.8. The number of hydrogen-bond donors (Lipinski definition) is 1. The highest BCUT2D eigenvalue weighted by atomic mass is 16.3. The first-order chi connectivity index (χ1) is 13.3. The molecule has 3 saturated carbocycles. The number of hydrogen-bond acceptors (Lipinski definition) is 3. The fourth-order valence-corrected chi connectivity index (χ4v) is 8.46. The van der Waals surface area contributed by atoms with Gasteiger partial charge in [-0.15, -0.1) is 0 Å². The van der Waals surface area contributed by atoms with E-state index < -0.39 is 0 Å². The van der Waals surface area contributed by atoms with E-state index in [4.69, 9.17) is 0 Å². The molecule has 9 atom stereocenters. The minimum absolute atomic E-state index is 0.0795. The first kappa shape index (κ1) is 20.1. The van der Waals surface area contributed by atoms with Gasteiger partial charge in [0.2, 0.25) is 0 Å². The minimum Gasteiger partial charge on any atom is -0.392 e. The van der Waals surface area contributed by atoms with E-state index in [1.807, 2.05) is 6.08 Å². The molecular formula is C25H37NO2. The molecule has 4 aliphatic rings. The number of aliphatic hydroxyl groups is 1. The van der Waals surface area contributed by atoms with Crippen molar-refractivity contribution in [3.05, 3.63) is 11.6 Å². The van der Waals surface area contributed by atoms with Crippen LogP contribution in [0.3, 0.4) is 0 Å². The van der Waals surface area contributed by atoms with Crippen LogP contribution in [0.4, 0.5) is 0 Å². The molecule has 0 radical (unpaired) electrons. The first-order valence-corrected chi connectivity index (χ1v) is 11.6. The molecule has 0 aromatic rings. The van der Waals surface area contributed by atoms with E-state index in [2.05, 4.69) is 33.8 Å². The maximum absolute atomic E-state index is 12.2. The van der Waals surface area contributed by atoms with Crippen LogP contribution in [0.5, 0.6) is 0 Å². The lowest BCUT2D eigenvalue weighted by Gasteiger charge is -2.61. The Bertz CT molecular complexity index is 721. The molecule has 4 aliphatic carbocycles. The quantitative estimate of drug-likeness (QED) is 0.720. The van der Waals surface area contributed by atoms with Crippen LogP contribution in [0.25, 0.3) is 0 Å². The summed E-state index contributed by atoms with van der Waals surface area (Å²) in [4.78, 5) is 12.2. The van der Waals surface area contributed by atoms with Gasteiger partial charge in [0.25, 0.3) is 0 Å². The normalized spacial score (nSPS) is 48.7. The van der Waals surface area contributed by atoms with Gasteiger partial charge in [-0.1, -0.05) is 33.3 Å². The van der Waals surface area contributed by atoms with E-state index in [0.29, 0.717) is 42.4 Å². The first-order valence-electron chi connectivity index (χ1n) is 11.6. The number of aliphatic hydroxyl groups excluding tert-OH is 1. The number of carbonyl (C=O) groups is 1. The number of ketones is 1. The fraction of sp³-hybridized carbons (Fsp3) is 0.840. The van der Waals surface area contributed by atoms with Crippen molar-refractivity contribution in [1.29, 1.82) is 5.26 Å². The summed E-state index contributed by atoms with van der Waals surface area (Å²) in [6, 6.07) is 2.40. The van der Waals surface area contributed by atoms with Crippen molar-refractivity contribution in [2.45, 2.75) is 85.2 Å². The molecule has 0 aromatic carbocycles. The Hall–Kier alpha value is -1.14. The second kappa shape index (κ2) is 6.98. The molecule has 0 bridgehead atoms. The maximum Gasteiger partial charge on any atom is 0.155 e. The lowest BCUT2D eigenvalue weighted by molar-refractivity contribution is -0.136. The molecule has 0 aromatic heterocycles. The molecule has 0 spiro atoms. The SMILES string of the molecule is CC[C@H]1C2=CC(=O)CC[C@]2(C)[C@H]2CC[C@]3(C)[C@@H]([C@H](C)CC#N)CC[C@H]3[C@@H]2[C@@H]1O. The Kier molecular flexibility index (Phi) is 5.02. The summed E-state index contributed by atoms with van der Waals surface area (Å²) in [5, 5.41) is 20.8. The Morgan fingerprint density at radius 3 is 2.68 bits per heavy atom. The Balaban J connectivity index is 1.72. The van der Waals surface area contributed by atoms with Crippen molar-refractivity contribution in [3.63, 3.8) is 0 Å². The third-order valence-corrected chi connectivity index (χ3v) is 9.84. The molecule has 0 unspecified atom stereocenters. The van der Waals surface area contributed by atoms with Crippen LogP contribution in [0.2, 0.25) is 0 Å². The summed E-state index contributed by atoms with van der Waals surface area (Å²) in [6.45, 7) is 9.29. The molecule has 3 fully saturated rings. The van der Waals surface area contributed by atoms with Gasteiger partial charge in [-0.3, -0.25) is 4.79 Å². The average molecular weight is 384 g/mol. The molecule has 0 saturated heterocycles. The summed E-state index contributed by atoms with van der Waals surface area (Å²) < 4.78 is 0. The molecule has 0 amide bonds. The lowest BCUT2D eigenvalue weighted by atomic mass is 9.43. The summed E-state index contributed by atoms with van der Waals surface area (Å²) in [7, 11) is 0. The Morgan fingerprint density at radius 2 is 2.00 bits per heavy atom. The largest absolute Gasteiger partial charge is 0.392 e. The van der Waals surface area contributed by atoms with Crippen molar-refractivity contribution in [1.82, 2.24) is 0 Å². The fourth-order valence-electron chi connectivity index (χ4n) is 8.46. The highest BCUT2D eigenvalue weighted by Crippen LogP contribution is 2.68. The van der Waals surface area contributed by atoms with Gasteiger partial charge in [0.05, 0.1) is 12.2 Å². The van der Waals surface area contributed by atoms with E-state index >= 15 is 0 Å². The number of rotatable bonds is 3. The van der Waals surface area contributed by atoms with Crippen molar-refractivity contribution in [3.8, 4) is 6.07 Å². The van der Waals surface area contributed by atoms with Gasteiger partial charge < -0.3 is 5.11 Å². The molecule has 0 aliphatic heterocycles. The minimum atomic E-state index is -0.324. The van der Waals surface area contributed by atoms with Crippen LogP contribution < -0.4 is 0 Å². The van der Waals surface area contributed by atoms with Crippen LogP contribution in [-0.4, -0.2) is 17.0 Å². The molecular weight excluding hydrogens is 346 g/mol. The summed E-state index contributed by atoms with van der Waals surface area (Å²) >= 11 is 0. The van der Waals surface area contributed by atoms with Gasteiger partial charge in [0, 0.05) is 18.8 Å². The number of nitriles is 1. The van der Waals surface area contributed by atoms with Gasteiger partial charge in [-0.25, -0.2) is 0 Å². The zero-order chi connectivity index (χ0) is 20.3. The van der Waals surface area contributed by atoms with Crippen molar-refractivity contribution >= 4 is 5.78 Å². The van der Waals surface area contributed by atoms with Gasteiger partial charge in [-0.05, 0) is 85.0 Å². The third-order valence-electron chi connectivity index (χ3n) is 9.84. The summed E-state index contributed by atoms with van der Waals surface area (Å²) in [5.41, 5.74) is 1.59.